The molecule has 0 spiro atoms. The van der Waals surface area contributed by atoms with E-state index in [2.05, 4.69) is 10.2 Å². The van der Waals surface area contributed by atoms with Gasteiger partial charge in [-0.15, -0.1) is 0 Å². The van der Waals surface area contributed by atoms with Crippen molar-refractivity contribution in [1.29, 1.82) is 0 Å². The first kappa shape index (κ1) is 23.0. The molecule has 33 heavy (non-hydrogen) atoms. The summed E-state index contributed by atoms with van der Waals surface area (Å²) < 4.78 is 2.83. The Morgan fingerprint density at radius 1 is 0.818 bits per heavy atom. The highest BCUT2D eigenvalue weighted by Gasteiger charge is 2.17. The summed E-state index contributed by atoms with van der Waals surface area (Å²) in [6, 6.07) is 20.6. The van der Waals surface area contributed by atoms with Crippen molar-refractivity contribution in [1.82, 2.24) is 14.0 Å². The van der Waals surface area contributed by atoms with Gasteiger partial charge in [-0.2, -0.15) is 0 Å². The van der Waals surface area contributed by atoms with E-state index < -0.39 is 6.10 Å². The molecule has 1 saturated heterocycles. The van der Waals surface area contributed by atoms with Gasteiger partial charge < -0.3 is 15.3 Å². The van der Waals surface area contributed by atoms with Gasteiger partial charge in [0.15, 0.2) is 0 Å². The number of anilines is 1. The Labute approximate surface area is 193 Å². The molecule has 1 aliphatic rings. The number of piperidine rings is 1. The van der Waals surface area contributed by atoms with Crippen LogP contribution >= 0.6 is 0 Å². The van der Waals surface area contributed by atoms with Crippen LogP contribution in [0.25, 0.3) is 0 Å². The van der Waals surface area contributed by atoms with E-state index in [1.165, 1.54) is 17.1 Å². The number of β-amino-alcohol motifs (C(OH)–C–C–N with tert-alkyl or cyclic N) is 1. The first-order valence-electron chi connectivity index (χ1n) is 11.7. The minimum absolute atomic E-state index is 0.213. The fourth-order valence-electron chi connectivity index (χ4n) is 4.32. The minimum Gasteiger partial charge on any atom is -0.390 e. The number of rotatable bonds is 9. The number of aliphatic hydroxyl groups excluding tert-OH is 1. The topological polar surface area (TPSA) is 79.5 Å². The molecule has 1 fully saturated rings. The van der Waals surface area contributed by atoms with Gasteiger partial charge in [0.25, 0.3) is 5.56 Å². The number of hydrogen-bond donors (Lipinski definition) is 2. The van der Waals surface area contributed by atoms with Gasteiger partial charge in [-0.05, 0) is 37.1 Å². The van der Waals surface area contributed by atoms with Crippen LogP contribution in [0.1, 0.15) is 30.4 Å². The average Bonchev–Trinajstić information content (AvgIpc) is 2.84. The maximum absolute atomic E-state index is 13.4. The zero-order chi connectivity index (χ0) is 23.0. The molecule has 1 atom stereocenters. The second-order valence-electron chi connectivity index (χ2n) is 8.69. The summed E-state index contributed by atoms with van der Waals surface area (Å²) in [6.07, 6.45) is 2.98. The predicted molar refractivity (Wildman–Crippen MR) is 131 cm³/mol. The van der Waals surface area contributed by atoms with Crippen LogP contribution in [0.2, 0.25) is 0 Å². The van der Waals surface area contributed by atoms with E-state index in [1.54, 1.807) is 4.57 Å². The number of hydrogen-bond acceptors (Lipinski definition) is 5. The van der Waals surface area contributed by atoms with Crippen molar-refractivity contribution in [3.8, 4) is 0 Å². The summed E-state index contributed by atoms with van der Waals surface area (Å²) in [6.45, 7) is 3.41. The molecule has 0 amide bonds. The quantitative estimate of drug-likeness (QED) is 0.525. The Kier molecular flexibility index (Phi) is 7.75. The molecular weight excluding hydrogens is 416 g/mol. The van der Waals surface area contributed by atoms with Crippen LogP contribution in [-0.4, -0.2) is 51.4 Å². The third-order valence-corrected chi connectivity index (χ3v) is 6.08. The molecule has 7 nitrogen and oxygen atoms in total. The third kappa shape index (κ3) is 6.21. The van der Waals surface area contributed by atoms with Gasteiger partial charge in [-0.3, -0.25) is 13.9 Å². The lowest BCUT2D eigenvalue weighted by Crippen LogP contribution is -2.42. The van der Waals surface area contributed by atoms with E-state index in [1.807, 2.05) is 60.7 Å². The van der Waals surface area contributed by atoms with Gasteiger partial charge in [0.05, 0.1) is 19.2 Å². The van der Waals surface area contributed by atoms with E-state index >= 15 is 0 Å². The average molecular weight is 449 g/mol. The second-order valence-corrected chi connectivity index (χ2v) is 8.69. The maximum Gasteiger partial charge on any atom is 0.333 e. The van der Waals surface area contributed by atoms with Gasteiger partial charge >= 0.3 is 5.69 Å². The van der Waals surface area contributed by atoms with Crippen LogP contribution in [-0.2, 0) is 13.1 Å². The van der Waals surface area contributed by atoms with Crippen molar-refractivity contribution < 1.29 is 5.11 Å². The van der Waals surface area contributed by atoms with E-state index in [0.717, 1.165) is 37.1 Å². The molecule has 1 aromatic heterocycles. The Morgan fingerprint density at radius 2 is 1.39 bits per heavy atom. The van der Waals surface area contributed by atoms with Crippen molar-refractivity contribution in [3.63, 3.8) is 0 Å². The van der Waals surface area contributed by atoms with Crippen LogP contribution in [0, 0.1) is 0 Å². The fourth-order valence-corrected chi connectivity index (χ4v) is 4.32. The van der Waals surface area contributed by atoms with Gasteiger partial charge in [0.1, 0.15) is 5.82 Å². The molecule has 2 heterocycles. The Morgan fingerprint density at radius 3 is 2.00 bits per heavy atom. The molecule has 3 aromatic rings. The highest BCUT2D eigenvalue weighted by molar-refractivity contribution is 5.36. The summed E-state index contributed by atoms with van der Waals surface area (Å²) in [5.74, 6) is 0.427. The SMILES string of the molecule is O=c1cc(NCC(O)CN2CCCCC2)n(Cc2ccccc2)c(=O)n1Cc1ccccc1. The maximum atomic E-state index is 13.4. The fraction of sp³-hybridized carbons (Fsp3) is 0.385. The molecule has 2 N–H and O–H groups in total. The van der Waals surface area contributed by atoms with Crippen LogP contribution in [0.4, 0.5) is 5.82 Å². The number of likely N-dealkylation sites (tertiary alicyclic amines) is 1. The van der Waals surface area contributed by atoms with Crippen molar-refractivity contribution in [2.45, 2.75) is 38.5 Å². The van der Waals surface area contributed by atoms with Crippen LogP contribution < -0.4 is 16.6 Å². The zero-order valence-electron chi connectivity index (χ0n) is 18.9. The van der Waals surface area contributed by atoms with E-state index in [0.29, 0.717) is 18.9 Å². The van der Waals surface area contributed by atoms with E-state index in [4.69, 9.17) is 0 Å². The molecule has 4 rings (SSSR count). The largest absolute Gasteiger partial charge is 0.390 e. The monoisotopic (exact) mass is 448 g/mol. The first-order chi connectivity index (χ1) is 16.1. The van der Waals surface area contributed by atoms with Gasteiger partial charge in [-0.25, -0.2) is 4.79 Å². The smallest absolute Gasteiger partial charge is 0.333 e. The predicted octanol–water partition coefficient (Wildman–Crippen LogP) is 2.37. The summed E-state index contributed by atoms with van der Waals surface area (Å²) in [5, 5.41) is 13.7. The molecule has 7 heteroatoms. The number of aliphatic hydroxyl groups is 1. The summed E-state index contributed by atoms with van der Waals surface area (Å²) in [7, 11) is 0. The lowest BCUT2D eigenvalue weighted by molar-refractivity contribution is 0.109. The summed E-state index contributed by atoms with van der Waals surface area (Å²) in [5.41, 5.74) is 1.12. The van der Waals surface area contributed by atoms with Crippen LogP contribution in [0.15, 0.2) is 76.3 Å². The molecule has 0 bridgehead atoms. The number of aromatic nitrogens is 2. The van der Waals surface area contributed by atoms with E-state index in [-0.39, 0.29) is 24.3 Å². The first-order valence-corrected chi connectivity index (χ1v) is 11.7. The van der Waals surface area contributed by atoms with Crippen molar-refractivity contribution in [2.24, 2.45) is 0 Å². The third-order valence-electron chi connectivity index (χ3n) is 6.08. The Balaban J connectivity index is 1.58. The molecule has 0 saturated carbocycles. The van der Waals surface area contributed by atoms with Crippen LogP contribution in [0.3, 0.4) is 0 Å². The number of benzene rings is 2. The van der Waals surface area contributed by atoms with Crippen molar-refractivity contribution in [3.05, 3.63) is 98.7 Å². The molecule has 1 aliphatic heterocycles. The standard InChI is InChI=1S/C26H32N4O3/c31-23(20-28-14-8-3-9-15-28)17-27-24-16-25(32)30(19-22-12-6-2-7-13-22)26(33)29(24)18-21-10-4-1-5-11-21/h1-2,4-7,10-13,16,23,27,31H,3,8-9,14-15,17-20H2. The van der Waals surface area contributed by atoms with Crippen LogP contribution in [0.5, 0.6) is 0 Å². The lowest BCUT2D eigenvalue weighted by Gasteiger charge is -2.28. The molecule has 0 aliphatic carbocycles. The van der Waals surface area contributed by atoms with E-state index in [9.17, 15) is 14.7 Å². The molecule has 174 valence electrons. The lowest BCUT2D eigenvalue weighted by atomic mass is 10.1. The highest BCUT2D eigenvalue weighted by Crippen LogP contribution is 2.11. The molecule has 0 radical (unpaired) electrons. The molecule has 1 unspecified atom stereocenters. The second kappa shape index (κ2) is 11.1. The highest BCUT2D eigenvalue weighted by atomic mass is 16.3. The van der Waals surface area contributed by atoms with Gasteiger partial charge in [0.2, 0.25) is 0 Å². The minimum atomic E-state index is -0.588. The zero-order valence-corrected chi connectivity index (χ0v) is 18.9. The molecule has 2 aromatic carbocycles. The Bertz CT molecular complexity index is 1140. The summed E-state index contributed by atoms with van der Waals surface area (Å²) in [4.78, 5) is 28.5. The summed E-state index contributed by atoms with van der Waals surface area (Å²) >= 11 is 0. The van der Waals surface area contributed by atoms with Crippen molar-refractivity contribution >= 4 is 5.82 Å². The van der Waals surface area contributed by atoms with Crippen molar-refractivity contribution in [2.75, 3.05) is 31.5 Å². The van der Waals surface area contributed by atoms with Gasteiger partial charge in [0, 0.05) is 19.2 Å². The Hall–Kier alpha value is -3.16. The number of nitrogens with one attached hydrogen (secondary N) is 1. The van der Waals surface area contributed by atoms with Gasteiger partial charge in [-0.1, -0.05) is 67.1 Å². The number of nitrogens with zero attached hydrogens (tertiary/aromatic N) is 3. The molecular formula is C26H32N4O3. The normalized spacial score (nSPS) is 15.3.